The highest BCUT2D eigenvalue weighted by Crippen LogP contribution is 2.34. The first kappa shape index (κ1) is 13.8. The third kappa shape index (κ3) is 3.47. The minimum absolute atomic E-state index is 0.454. The Morgan fingerprint density at radius 1 is 1.26 bits per heavy atom. The molecule has 1 unspecified atom stereocenters. The van der Waals surface area contributed by atoms with Crippen molar-refractivity contribution in [3.8, 4) is 5.75 Å². The van der Waals surface area contributed by atoms with E-state index in [-0.39, 0.29) is 0 Å². The van der Waals surface area contributed by atoms with Gasteiger partial charge in [0.15, 0.2) is 0 Å². The molecule has 0 spiro atoms. The Hall–Kier alpha value is -0.190. The molecule has 1 atom stereocenters. The van der Waals surface area contributed by atoms with Crippen LogP contribution in [0.5, 0.6) is 5.75 Å². The zero-order chi connectivity index (χ0) is 13.1. The molecule has 3 rings (SSSR count). The molecule has 0 saturated carbocycles. The summed E-state index contributed by atoms with van der Waals surface area (Å²) in [5.74, 6) is 4.58. The van der Waals surface area contributed by atoms with E-state index in [4.69, 9.17) is 4.74 Å². The lowest BCUT2D eigenvalue weighted by atomic mass is 9.98. The predicted octanol–water partition coefficient (Wildman–Crippen LogP) is 4.01. The zero-order valence-corrected chi connectivity index (χ0v) is 13.4. The lowest BCUT2D eigenvalue weighted by Crippen LogP contribution is -2.32. The van der Waals surface area contributed by atoms with Gasteiger partial charge in [0.1, 0.15) is 5.75 Å². The number of fused-ring (bicyclic) bond motifs is 1. The average molecular weight is 342 g/mol. The fourth-order valence-electron chi connectivity index (χ4n) is 2.84. The van der Waals surface area contributed by atoms with Crippen LogP contribution in [0.3, 0.4) is 0 Å². The second-order valence-corrected chi connectivity index (χ2v) is 7.48. The molecule has 0 aromatic heterocycles. The van der Waals surface area contributed by atoms with Gasteiger partial charge < -0.3 is 10.1 Å². The third-order valence-corrected chi connectivity index (χ3v) is 5.55. The van der Waals surface area contributed by atoms with E-state index < -0.39 is 0 Å². The summed E-state index contributed by atoms with van der Waals surface area (Å²) in [6, 6.07) is 6.78. The van der Waals surface area contributed by atoms with Gasteiger partial charge in [-0.2, -0.15) is 11.8 Å². The molecule has 2 nitrogen and oxygen atoms in total. The Labute approximate surface area is 127 Å². The Bertz CT molecular complexity index is 434. The van der Waals surface area contributed by atoms with Crippen LogP contribution in [-0.2, 0) is 0 Å². The van der Waals surface area contributed by atoms with Gasteiger partial charge in [-0.25, -0.2) is 0 Å². The minimum atomic E-state index is 0.454. The van der Waals surface area contributed by atoms with E-state index in [1.807, 2.05) is 0 Å². The highest BCUT2D eigenvalue weighted by Gasteiger charge is 2.23. The van der Waals surface area contributed by atoms with E-state index in [1.54, 1.807) is 0 Å². The summed E-state index contributed by atoms with van der Waals surface area (Å²) < 4.78 is 6.87. The zero-order valence-electron chi connectivity index (χ0n) is 11.0. The maximum absolute atomic E-state index is 5.74. The number of rotatable bonds is 3. The number of nitrogens with one attached hydrogen (secondary N) is 1. The van der Waals surface area contributed by atoms with Gasteiger partial charge in [0.2, 0.25) is 0 Å². The van der Waals surface area contributed by atoms with E-state index in [1.165, 1.54) is 29.9 Å². The maximum Gasteiger partial charge on any atom is 0.124 e. The molecule has 1 saturated heterocycles. The molecule has 2 heterocycles. The van der Waals surface area contributed by atoms with Crippen molar-refractivity contribution in [3.63, 3.8) is 0 Å². The SMILES string of the molecule is Brc1ccc2c(c1)C(NCC1CCSCC1)CCO2. The highest BCUT2D eigenvalue weighted by molar-refractivity contribution is 9.10. The lowest BCUT2D eigenvalue weighted by Gasteiger charge is -2.29. The smallest absolute Gasteiger partial charge is 0.124 e. The number of ether oxygens (including phenoxy) is 1. The molecule has 2 aliphatic rings. The number of hydrogen-bond donors (Lipinski definition) is 1. The average Bonchev–Trinajstić information content (AvgIpc) is 2.46. The van der Waals surface area contributed by atoms with Crippen LogP contribution >= 0.6 is 27.7 Å². The monoisotopic (exact) mass is 341 g/mol. The Morgan fingerprint density at radius 2 is 2.11 bits per heavy atom. The van der Waals surface area contributed by atoms with E-state index in [0.717, 1.165) is 35.7 Å². The molecule has 0 radical (unpaired) electrons. The van der Waals surface area contributed by atoms with Crippen LogP contribution in [0.4, 0.5) is 0 Å². The first-order valence-corrected chi connectivity index (χ1v) is 9.01. The van der Waals surface area contributed by atoms with Crippen molar-refractivity contribution in [1.82, 2.24) is 5.32 Å². The predicted molar refractivity (Wildman–Crippen MR) is 85.0 cm³/mol. The topological polar surface area (TPSA) is 21.3 Å². The molecule has 0 bridgehead atoms. The summed E-state index contributed by atoms with van der Waals surface area (Å²) in [7, 11) is 0. The molecule has 2 aliphatic heterocycles. The summed E-state index contributed by atoms with van der Waals surface area (Å²) in [5.41, 5.74) is 1.31. The number of thioether (sulfide) groups is 1. The van der Waals surface area contributed by atoms with Crippen molar-refractivity contribution < 1.29 is 4.74 Å². The van der Waals surface area contributed by atoms with Crippen LogP contribution in [0.1, 0.15) is 30.9 Å². The molecule has 1 N–H and O–H groups in total. The minimum Gasteiger partial charge on any atom is -0.493 e. The van der Waals surface area contributed by atoms with Crippen LogP contribution < -0.4 is 10.1 Å². The summed E-state index contributed by atoms with van der Waals surface area (Å²) >= 11 is 5.66. The van der Waals surface area contributed by atoms with Gasteiger partial charge in [-0.3, -0.25) is 0 Å². The Morgan fingerprint density at radius 3 is 2.95 bits per heavy atom. The van der Waals surface area contributed by atoms with Crippen molar-refractivity contribution in [2.45, 2.75) is 25.3 Å². The largest absolute Gasteiger partial charge is 0.493 e. The van der Waals surface area contributed by atoms with Gasteiger partial charge in [-0.15, -0.1) is 0 Å². The van der Waals surface area contributed by atoms with E-state index >= 15 is 0 Å². The summed E-state index contributed by atoms with van der Waals surface area (Å²) in [4.78, 5) is 0. The second kappa shape index (κ2) is 6.51. The summed E-state index contributed by atoms with van der Waals surface area (Å²) in [5, 5.41) is 3.76. The Balaban J connectivity index is 1.64. The van der Waals surface area contributed by atoms with Gasteiger partial charge in [0.05, 0.1) is 6.61 Å². The molecule has 1 aromatic carbocycles. The maximum atomic E-state index is 5.74. The molecule has 4 heteroatoms. The first-order valence-electron chi connectivity index (χ1n) is 7.06. The molecule has 1 aromatic rings. The van der Waals surface area contributed by atoms with Gasteiger partial charge in [0, 0.05) is 22.5 Å². The molecular weight excluding hydrogens is 322 g/mol. The van der Waals surface area contributed by atoms with Crippen molar-refractivity contribution in [2.24, 2.45) is 5.92 Å². The third-order valence-electron chi connectivity index (χ3n) is 4.01. The van der Waals surface area contributed by atoms with Crippen LogP contribution in [0.25, 0.3) is 0 Å². The normalized spacial score (nSPS) is 23.7. The fraction of sp³-hybridized carbons (Fsp3) is 0.600. The summed E-state index contributed by atoms with van der Waals surface area (Å²) in [6.07, 6.45) is 3.81. The first-order chi connectivity index (χ1) is 9.33. The van der Waals surface area contributed by atoms with E-state index in [2.05, 4.69) is 51.2 Å². The second-order valence-electron chi connectivity index (χ2n) is 5.34. The molecule has 1 fully saturated rings. The van der Waals surface area contributed by atoms with Crippen molar-refractivity contribution in [2.75, 3.05) is 24.7 Å². The summed E-state index contributed by atoms with van der Waals surface area (Å²) in [6.45, 7) is 1.98. The number of halogens is 1. The number of benzene rings is 1. The van der Waals surface area contributed by atoms with Gasteiger partial charge in [0.25, 0.3) is 0 Å². The molecule has 104 valence electrons. The van der Waals surface area contributed by atoms with E-state index in [9.17, 15) is 0 Å². The molecule has 0 amide bonds. The van der Waals surface area contributed by atoms with Gasteiger partial charge >= 0.3 is 0 Å². The van der Waals surface area contributed by atoms with Crippen molar-refractivity contribution in [3.05, 3.63) is 28.2 Å². The van der Waals surface area contributed by atoms with Gasteiger partial charge in [-0.05, 0) is 55.0 Å². The fourth-order valence-corrected chi connectivity index (χ4v) is 4.42. The molecule has 19 heavy (non-hydrogen) atoms. The van der Waals surface area contributed by atoms with Crippen molar-refractivity contribution in [1.29, 1.82) is 0 Å². The number of hydrogen-bond acceptors (Lipinski definition) is 3. The quantitative estimate of drug-likeness (QED) is 0.897. The van der Waals surface area contributed by atoms with Crippen LogP contribution in [-0.4, -0.2) is 24.7 Å². The Kier molecular flexibility index (Phi) is 4.72. The van der Waals surface area contributed by atoms with Crippen molar-refractivity contribution >= 4 is 27.7 Å². The van der Waals surface area contributed by atoms with Crippen LogP contribution in [0.2, 0.25) is 0 Å². The lowest BCUT2D eigenvalue weighted by molar-refractivity contribution is 0.247. The molecule has 0 aliphatic carbocycles. The van der Waals surface area contributed by atoms with E-state index in [0.29, 0.717) is 6.04 Å². The molecular formula is C15H20BrNOS. The van der Waals surface area contributed by atoms with Crippen LogP contribution in [0, 0.1) is 5.92 Å². The van der Waals surface area contributed by atoms with Crippen LogP contribution in [0.15, 0.2) is 22.7 Å². The standard InChI is InChI=1S/C15H20BrNOS/c16-12-1-2-15-13(9-12)14(3-6-18-15)17-10-11-4-7-19-8-5-11/h1-2,9,11,14,17H,3-8,10H2. The van der Waals surface area contributed by atoms with Gasteiger partial charge in [-0.1, -0.05) is 15.9 Å². The highest BCUT2D eigenvalue weighted by atomic mass is 79.9.